The van der Waals surface area contributed by atoms with Crippen molar-refractivity contribution in [2.24, 2.45) is 5.73 Å². The molecule has 0 aliphatic rings. The van der Waals surface area contributed by atoms with Crippen LogP contribution in [0.1, 0.15) is 40.0 Å². The minimum absolute atomic E-state index is 0. The number of carbonyl (C=O) groups is 1. The zero-order valence-electron chi connectivity index (χ0n) is 10.5. The Morgan fingerprint density at radius 1 is 1.31 bits per heavy atom. The Kier molecular flexibility index (Phi) is 11.8. The lowest BCUT2D eigenvalue weighted by atomic mass is 9.94. The van der Waals surface area contributed by atoms with Crippen molar-refractivity contribution < 1.29 is 4.79 Å². The van der Waals surface area contributed by atoms with Crippen LogP contribution in [0.3, 0.4) is 0 Å². The molecule has 16 heavy (non-hydrogen) atoms. The molecule has 3 nitrogen and oxygen atoms in total. The summed E-state index contributed by atoms with van der Waals surface area (Å²) in [5.74, 6) is 1.70. The number of carbonyl (C=O) groups excluding carboxylic acids is 1. The molecule has 5 heteroatoms. The Balaban J connectivity index is 0. The van der Waals surface area contributed by atoms with Gasteiger partial charge in [0.15, 0.2) is 0 Å². The van der Waals surface area contributed by atoms with Crippen LogP contribution in [-0.2, 0) is 4.79 Å². The quantitative estimate of drug-likeness (QED) is 0.664. The monoisotopic (exact) mass is 268 g/mol. The Morgan fingerprint density at radius 2 is 1.88 bits per heavy atom. The smallest absolute Gasteiger partial charge is 0.230 e. The van der Waals surface area contributed by atoms with Crippen LogP contribution in [-0.4, -0.2) is 29.5 Å². The zero-order chi connectivity index (χ0) is 11.7. The number of nitrogens with one attached hydrogen (secondary N) is 1. The molecular formula is C11H25ClN2OS. The second-order valence-electron chi connectivity index (χ2n) is 3.90. The van der Waals surface area contributed by atoms with Gasteiger partial charge in [0.1, 0.15) is 0 Å². The third kappa shape index (κ3) is 8.25. The van der Waals surface area contributed by atoms with Crippen molar-refractivity contribution in [1.82, 2.24) is 5.32 Å². The number of hydrogen-bond donors (Lipinski definition) is 2. The van der Waals surface area contributed by atoms with Crippen molar-refractivity contribution in [3.63, 3.8) is 0 Å². The minimum Gasteiger partial charge on any atom is -0.354 e. The van der Waals surface area contributed by atoms with E-state index in [-0.39, 0.29) is 23.9 Å². The number of rotatable bonds is 8. The molecule has 3 N–H and O–H groups in total. The third-order valence-corrected chi connectivity index (χ3v) is 3.79. The summed E-state index contributed by atoms with van der Waals surface area (Å²) in [6.45, 7) is 6.82. The average Bonchev–Trinajstić information content (AvgIpc) is 2.26. The van der Waals surface area contributed by atoms with Crippen LogP contribution in [0.15, 0.2) is 0 Å². The first-order chi connectivity index (χ1) is 7.08. The Hall–Kier alpha value is 0.0700. The van der Waals surface area contributed by atoms with Crippen molar-refractivity contribution in [3.05, 3.63) is 0 Å². The highest BCUT2D eigenvalue weighted by Gasteiger charge is 2.20. The molecule has 0 unspecified atom stereocenters. The second-order valence-corrected chi connectivity index (χ2v) is 5.00. The van der Waals surface area contributed by atoms with Crippen LogP contribution in [0.2, 0.25) is 0 Å². The zero-order valence-corrected chi connectivity index (χ0v) is 12.2. The predicted octanol–water partition coefficient (Wildman–Crippen LogP) is 2.19. The lowest BCUT2D eigenvalue weighted by molar-refractivity contribution is -0.118. The van der Waals surface area contributed by atoms with E-state index in [0.29, 0.717) is 12.3 Å². The highest BCUT2D eigenvalue weighted by molar-refractivity contribution is 7.99. The predicted molar refractivity (Wildman–Crippen MR) is 75.4 cm³/mol. The summed E-state index contributed by atoms with van der Waals surface area (Å²) < 4.78 is 0. The highest BCUT2D eigenvalue weighted by Crippen LogP contribution is 2.09. The number of nitrogens with two attached hydrogens (primary N) is 1. The van der Waals surface area contributed by atoms with Gasteiger partial charge in [-0.15, -0.1) is 12.4 Å². The molecule has 0 rings (SSSR count). The largest absolute Gasteiger partial charge is 0.354 e. The van der Waals surface area contributed by atoms with Gasteiger partial charge in [0.05, 0.1) is 5.75 Å². The Morgan fingerprint density at radius 3 is 2.31 bits per heavy atom. The molecule has 0 fully saturated rings. The van der Waals surface area contributed by atoms with Gasteiger partial charge >= 0.3 is 0 Å². The van der Waals surface area contributed by atoms with Gasteiger partial charge in [0.2, 0.25) is 5.91 Å². The van der Waals surface area contributed by atoms with Gasteiger partial charge in [-0.2, -0.15) is 11.8 Å². The molecule has 98 valence electrons. The first-order valence-corrected chi connectivity index (χ1v) is 6.86. The van der Waals surface area contributed by atoms with Gasteiger partial charge in [0, 0.05) is 12.1 Å². The maximum atomic E-state index is 11.4. The number of halogens is 1. The van der Waals surface area contributed by atoms with E-state index in [2.05, 4.69) is 26.1 Å². The van der Waals surface area contributed by atoms with Crippen molar-refractivity contribution in [2.75, 3.05) is 18.1 Å². The molecule has 0 aromatic rings. The molecule has 0 saturated heterocycles. The molecule has 0 bridgehead atoms. The van der Waals surface area contributed by atoms with E-state index in [1.54, 1.807) is 11.8 Å². The Labute approximate surface area is 110 Å². The van der Waals surface area contributed by atoms with E-state index in [1.807, 2.05) is 0 Å². The van der Waals surface area contributed by atoms with Gasteiger partial charge in [-0.1, -0.05) is 20.8 Å². The topological polar surface area (TPSA) is 55.1 Å². The van der Waals surface area contributed by atoms with Crippen LogP contribution in [0, 0.1) is 0 Å². The van der Waals surface area contributed by atoms with E-state index in [4.69, 9.17) is 5.73 Å². The molecule has 0 aromatic carbocycles. The summed E-state index contributed by atoms with van der Waals surface area (Å²) in [6.07, 6.45) is 2.90. The number of hydrogen-bond acceptors (Lipinski definition) is 3. The lowest BCUT2D eigenvalue weighted by Gasteiger charge is -2.26. The van der Waals surface area contributed by atoms with Crippen LogP contribution in [0.4, 0.5) is 0 Å². The van der Waals surface area contributed by atoms with E-state index in [9.17, 15) is 4.79 Å². The van der Waals surface area contributed by atoms with Crippen molar-refractivity contribution >= 4 is 30.1 Å². The summed E-state index contributed by atoms with van der Waals surface area (Å²) in [4.78, 5) is 11.4. The van der Waals surface area contributed by atoms with Crippen molar-refractivity contribution in [2.45, 2.75) is 45.6 Å². The van der Waals surface area contributed by atoms with Gasteiger partial charge < -0.3 is 11.1 Å². The third-order valence-electron chi connectivity index (χ3n) is 2.63. The molecule has 0 atom stereocenters. The fraction of sp³-hybridized carbons (Fsp3) is 0.909. The number of amides is 1. The van der Waals surface area contributed by atoms with E-state index >= 15 is 0 Å². The van der Waals surface area contributed by atoms with Gasteiger partial charge in [-0.3, -0.25) is 4.79 Å². The first-order valence-electron chi connectivity index (χ1n) is 5.71. The van der Waals surface area contributed by atoms with Crippen LogP contribution in [0.25, 0.3) is 0 Å². The normalized spacial score (nSPS) is 10.8. The van der Waals surface area contributed by atoms with Crippen molar-refractivity contribution in [3.8, 4) is 0 Å². The van der Waals surface area contributed by atoms with E-state index < -0.39 is 0 Å². The van der Waals surface area contributed by atoms with E-state index in [0.717, 1.165) is 25.0 Å². The summed E-state index contributed by atoms with van der Waals surface area (Å²) >= 11 is 1.67. The minimum atomic E-state index is -0.231. The maximum absolute atomic E-state index is 11.4. The summed E-state index contributed by atoms with van der Waals surface area (Å²) in [5, 5.41) is 2.90. The molecule has 0 aliphatic heterocycles. The SMILES string of the molecule is CCCSCC(=O)NCC(N)(CC)CC.Cl. The molecule has 0 aliphatic carbocycles. The summed E-state index contributed by atoms with van der Waals surface area (Å²) in [6, 6.07) is 0. The molecule has 0 spiro atoms. The molecule has 0 heterocycles. The van der Waals surface area contributed by atoms with E-state index in [1.165, 1.54) is 0 Å². The fourth-order valence-corrected chi connectivity index (χ4v) is 1.86. The standard InChI is InChI=1S/C11H24N2OS.ClH/c1-4-7-15-8-10(14)13-9-11(12,5-2)6-3;/h4-9,12H2,1-3H3,(H,13,14);1H. The molecule has 0 aromatic heterocycles. The lowest BCUT2D eigenvalue weighted by Crippen LogP contribution is -2.49. The molecule has 1 amide bonds. The summed E-state index contributed by atoms with van der Waals surface area (Å²) in [7, 11) is 0. The maximum Gasteiger partial charge on any atom is 0.230 e. The molecule has 0 radical (unpaired) electrons. The summed E-state index contributed by atoms with van der Waals surface area (Å²) in [5.41, 5.74) is 5.85. The second kappa shape index (κ2) is 10.2. The van der Waals surface area contributed by atoms with Crippen LogP contribution >= 0.6 is 24.2 Å². The number of thioether (sulfide) groups is 1. The fourth-order valence-electron chi connectivity index (χ4n) is 1.13. The molecular weight excluding hydrogens is 244 g/mol. The highest BCUT2D eigenvalue weighted by atomic mass is 35.5. The van der Waals surface area contributed by atoms with Crippen LogP contribution in [0.5, 0.6) is 0 Å². The van der Waals surface area contributed by atoms with Gasteiger partial charge in [-0.05, 0) is 25.0 Å². The first kappa shape index (κ1) is 18.4. The molecule has 0 saturated carbocycles. The van der Waals surface area contributed by atoms with Crippen molar-refractivity contribution in [1.29, 1.82) is 0 Å². The average molecular weight is 269 g/mol. The Bertz CT molecular complexity index is 187. The van der Waals surface area contributed by atoms with Gasteiger partial charge in [0.25, 0.3) is 0 Å². The van der Waals surface area contributed by atoms with Gasteiger partial charge in [-0.25, -0.2) is 0 Å². The van der Waals surface area contributed by atoms with Crippen LogP contribution < -0.4 is 11.1 Å².